The average Bonchev–Trinajstić information content (AvgIpc) is 2.71. The van der Waals surface area contributed by atoms with Crippen LogP contribution in [-0.2, 0) is 6.54 Å². The Hall–Kier alpha value is -3.11. The Morgan fingerprint density at radius 1 is 0.926 bits per heavy atom. The van der Waals surface area contributed by atoms with E-state index >= 15 is 0 Å². The van der Waals surface area contributed by atoms with Gasteiger partial charge in [0.25, 0.3) is 5.56 Å². The van der Waals surface area contributed by atoms with Crippen molar-refractivity contribution in [3.05, 3.63) is 94.2 Å². The topological polar surface area (TPSA) is 46.9 Å². The predicted octanol–water partition coefficient (Wildman–Crippen LogP) is 4.83. The Bertz CT molecular complexity index is 1120. The van der Waals surface area contributed by atoms with Crippen LogP contribution in [-0.4, -0.2) is 16.1 Å². The van der Waals surface area contributed by atoms with E-state index in [1.807, 2.05) is 60.7 Å². The third kappa shape index (κ3) is 3.71. The Morgan fingerprint density at radius 3 is 2.37 bits per heavy atom. The van der Waals surface area contributed by atoms with E-state index in [9.17, 15) is 4.79 Å². The minimum Gasteiger partial charge on any atom is -0.383 e. The molecule has 134 valence electrons. The maximum absolute atomic E-state index is 13.2. The lowest BCUT2D eigenvalue weighted by atomic mass is 10.2. The molecule has 4 rings (SSSR count). The van der Waals surface area contributed by atoms with Gasteiger partial charge in [0, 0.05) is 29.4 Å². The zero-order valence-corrected chi connectivity index (χ0v) is 15.4. The first-order valence-electron chi connectivity index (χ1n) is 8.77. The highest BCUT2D eigenvalue weighted by Crippen LogP contribution is 2.21. The SMILES string of the molecule is O=c1c2cc(Cl)ccc2nc(-c2ccccc2)n1CCNc1ccccc1. The van der Waals surface area contributed by atoms with E-state index in [-0.39, 0.29) is 5.56 Å². The summed E-state index contributed by atoms with van der Waals surface area (Å²) in [6.07, 6.45) is 0. The monoisotopic (exact) mass is 375 g/mol. The second kappa shape index (κ2) is 7.64. The Labute approximate surface area is 162 Å². The number of rotatable bonds is 5. The molecule has 0 amide bonds. The van der Waals surface area contributed by atoms with E-state index in [1.165, 1.54) is 0 Å². The molecule has 0 spiro atoms. The molecule has 0 fully saturated rings. The second-order valence-corrected chi connectivity index (χ2v) is 6.65. The minimum atomic E-state index is -0.0868. The summed E-state index contributed by atoms with van der Waals surface area (Å²) in [5, 5.41) is 4.40. The minimum absolute atomic E-state index is 0.0868. The summed E-state index contributed by atoms with van der Waals surface area (Å²) in [4.78, 5) is 17.9. The van der Waals surface area contributed by atoms with Crippen molar-refractivity contribution in [2.24, 2.45) is 0 Å². The maximum atomic E-state index is 13.2. The van der Waals surface area contributed by atoms with E-state index in [4.69, 9.17) is 16.6 Å². The van der Waals surface area contributed by atoms with Gasteiger partial charge >= 0.3 is 0 Å². The van der Waals surface area contributed by atoms with Gasteiger partial charge in [-0.15, -0.1) is 0 Å². The van der Waals surface area contributed by atoms with Gasteiger partial charge < -0.3 is 5.32 Å². The van der Waals surface area contributed by atoms with Crippen LogP contribution in [0, 0.1) is 0 Å². The normalized spacial score (nSPS) is 10.9. The van der Waals surface area contributed by atoms with E-state index < -0.39 is 0 Å². The number of halogens is 1. The summed E-state index contributed by atoms with van der Waals surface area (Å²) in [6, 6.07) is 24.9. The van der Waals surface area contributed by atoms with Crippen molar-refractivity contribution in [2.45, 2.75) is 6.54 Å². The van der Waals surface area contributed by atoms with Crippen LogP contribution in [0.3, 0.4) is 0 Å². The number of hydrogen-bond donors (Lipinski definition) is 1. The number of benzene rings is 3. The number of hydrogen-bond acceptors (Lipinski definition) is 3. The standard InChI is InChI=1S/C22H18ClN3O/c23-17-11-12-20-19(15-17)22(27)26(14-13-24-18-9-5-2-6-10-18)21(25-20)16-7-3-1-4-8-16/h1-12,15,24H,13-14H2. The van der Waals surface area contributed by atoms with Crippen LogP contribution in [0.15, 0.2) is 83.7 Å². The van der Waals surface area contributed by atoms with Gasteiger partial charge in [0.05, 0.1) is 10.9 Å². The van der Waals surface area contributed by atoms with Crippen molar-refractivity contribution in [3.8, 4) is 11.4 Å². The van der Waals surface area contributed by atoms with Crippen molar-refractivity contribution in [1.29, 1.82) is 0 Å². The molecule has 27 heavy (non-hydrogen) atoms. The molecule has 0 aliphatic heterocycles. The molecule has 0 atom stereocenters. The van der Waals surface area contributed by atoms with Gasteiger partial charge in [-0.3, -0.25) is 9.36 Å². The Kier molecular flexibility index (Phi) is 4.90. The Morgan fingerprint density at radius 2 is 1.63 bits per heavy atom. The molecule has 0 aliphatic carbocycles. The smallest absolute Gasteiger partial charge is 0.261 e. The fourth-order valence-electron chi connectivity index (χ4n) is 3.08. The molecule has 1 N–H and O–H groups in total. The number of nitrogens with one attached hydrogen (secondary N) is 1. The fraction of sp³-hybridized carbons (Fsp3) is 0.0909. The highest BCUT2D eigenvalue weighted by molar-refractivity contribution is 6.31. The molecule has 3 aromatic carbocycles. The summed E-state index contributed by atoms with van der Waals surface area (Å²) in [5.41, 5.74) is 2.49. The second-order valence-electron chi connectivity index (χ2n) is 6.21. The molecular formula is C22H18ClN3O. The van der Waals surface area contributed by atoms with Gasteiger partial charge in [-0.2, -0.15) is 0 Å². The summed E-state index contributed by atoms with van der Waals surface area (Å²) < 4.78 is 1.71. The van der Waals surface area contributed by atoms with Crippen LogP contribution in [0.5, 0.6) is 0 Å². The molecule has 1 aromatic heterocycles. The van der Waals surface area contributed by atoms with Crippen molar-refractivity contribution in [2.75, 3.05) is 11.9 Å². The van der Waals surface area contributed by atoms with Crippen molar-refractivity contribution in [1.82, 2.24) is 9.55 Å². The summed E-state index contributed by atoms with van der Waals surface area (Å²) in [7, 11) is 0. The third-order valence-corrected chi connectivity index (χ3v) is 4.62. The van der Waals surface area contributed by atoms with Crippen LogP contribution in [0.25, 0.3) is 22.3 Å². The molecule has 0 radical (unpaired) electrons. The quantitative estimate of drug-likeness (QED) is 0.543. The van der Waals surface area contributed by atoms with Crippen molar-refractivity contribution >= 4 is 28.2 Å². The largest absolute Gasteiger partial charge is 0.383 e. The lowest BCUT2D eigenvalue weighted by Crippen LogP contribution is -2.26. The first kappa shape index (κ1) is 17.3. The maximum Gasteiger partial charge on any atom is 0.261 e. The van der Waals surface area contributed by atoms with Gasteiger partial charge in [0.2, 0.25) is 0 Å². The third-order valence-electron chi connectivity index (χ3n) is 4.39. The molecule has 4 aromatic rings. The first-order valence-corrected chi connectivity index (χ1v) is 9.14. The lowest BCUT2D eigenvalue weighted by Gasteiger charge is -2.15. The lowest BCUT2D eigenvalue weighted by molar-refractivity contribution is 0.699. The number of para-hydroxylation sites is 1. The number of anilines is 1. The summed E-state index contributed by atoms with van der Waals surface area (Å²) in [5.74, 6) is 0.658. The van der Waals surface area contributed by atoms with E-state index in [0.717, 1.165) is 11.3 Å². The summed E-state index contributed by atoms with van der Waals surface area (Å²) >= 11 is 6.10. The van der Waals surface area contributed by atoms with Gasteiger partial charge in [-0.1, -0.05) is 60.1 Å². The average molecular weight is 376 g/mol. The fourth-order valence-corrected chi connectivity index (χ4v) is 3.25. The number of nitrogens with zero attached hydrogens (tertiary/aromatic N) is 2. The number of fused-ring (bicyclic) bond motifs is 1. The molecule has 1 heterocycles. The van der Waals surface area contributed by atoms with Crippen LogP contribution in [0.1, 0.15) is 0 Å². The molecule has 0 unspecified atom stereocenters. The zero-order valence-electron chi connectivity index (χ0n) is 14.6. The number of aromatic nitrogens is 2. The molecule has 0 bridgehead atoms. The van der Waals surface area contributed by atoms with Gasteiger partial charge in [-0.25, -0.2) is 4.98 Å². The van der Waals surface area contributed by atoms with Crippen molar-refractivity contribution < 1.29 is 0 Å². The molecule has 0 aliphatic rings. The van der Waals surface area contributed by atoms with Crippen LogP contribution >= 0.6 is 11.6 Å². The molecule has 5 heteroatoms. The highest BCUT2D eigenvalue weighted by atomic mass is 35.5. The van der Waals surface area contributed by atoms with E-state index in [0.29, 0.717) is 34.8 Å². The van der Waals surface area contributed by atoms with Gasteiger partial charge in [-0.05, 0) is 30.3 Å². The molecule has 4 nitrogen and oxygen atoms in total. The van der Waals surface area contributed by atoms with Gasteiger partial charge in [0.1, 0.15) is 5.82 Å². The zero-order chi connectivity index (χ0) is 18.6. The highest BCUT2D eigenvalue weighted by Gasteiger charge is 2.13. The summed E-state index contributed by atoms with van der Waals surface area (Å²) in [6.45, 7) is 1.10. The van der Waals surface area contributed by atoms with Crippen LogP contribution in [0.4, 0.5) is 5.69 Å². The molecule has 0 saturated carbocycles. The van der Waals surface area contributed by atoms with Gasteiger partial charge in [0.15, 0.2) is 0 Å². The molecule has 0 saturated heterocycles. The van der Waals surface area contributed by atoms with Crippen molar-refractivity contribution in [3.63, 3.8) is 0 Å². The van der Waals surface area contributed by atoms with E-state index in [1.54, 1.807) is 22.8 Å². The van der Waals surface area contributed by atoms with E-state index in [2.05, 4.69) is 5.32 Å². The predicted molar refractivity (Wildman–Crippen MR) is 111 cm³/mol. The first-order chi connectivity index (χ1) is 13.2. The van der Waals surface area contributed by atoms with Crippen LogP contribution in [0.2, 0.25) is 5.02 Å². The molecular weight excluding hydrogens is 358 g/mol. The van der Waals surface area contributed by atoms with Crippen LogP contribution < -0.4 is 10.9 Å². The Balaban J connectivity index is 1.76.